The van der Waals surface area contributed by atoms with Crippen molar-refractivity contribution < 1.29 is 0 Å². The molecule has 0 aliphatic carbocycles. The molecule has 0 amide bonds. The van der Waals surface area contributed by atoms with Crippen LogP contribution >= 0.6 is 0 Å². The maximum absolute atomic E-state index is 4.58. The van der Waals surface area contributed by atoms with Crippen molar-refractivity contribution >= 4 is 5.70 Å². The predicted molar refractivity (Wildman–Crippen MR) is 152 cm³/mol. The molecule has 2 aliphatic rings. The van der Waals surface area contributed by atoms with Gasteiger partial charge in [0.15, 0.2) is 0 Å². The van der Waals surface area contributed by atoms with Gasteiger partial charge < -0.3 is 14.7 Å². The summed E-state index contributed by atoms with van der Waals surface area (Å²) in [6, 6.07) is 4.81. The van der Waals surface area contributed by atoms with Crippen molar-refractivity contribution in [3.05, 3.63) is 64.5 Å². The lowest BCUT2D eigenvalue weighted by atomic mass is 9.97. The summed E-state index contributed by atoms with van der Waals surface area (Å²) in [4.78, 5) is 10.3. The first-order valence-electron chi connectivity index (χ1n) is 14.0. The zero-order chi connectivity index (χ0) is 25.4. The number of hydrogen-bond donors (Lipinski definition) is 0. The molecule has 2 saturated heterocycles. The maximum Gasteiger partial charge on any atom is 0.0370 e. The topological polar surface area (TPSA) is 13.0 Å². The number of allylic oxidation sites excluding steroid dienone is 4. The minimum atomic E-state index is 1.04. The van der Waals surface area contributed by atoms with Crippen LogP contribution in [0.5, 0.6) is 0 Å². The summed E-state index contributed by atoms with van der Waals surface area (Å²) >= 11 is 0. The number of hydrogen-bond acceptors (Lipinski definition) is 4. The van der Waals surface area contributed by atoms with Crippen LogP contribution in [0.2, 0.25) is 0 Å². The van der Waals surface area contributed by atoms with Crippen LogP contribution in [0.1, 0.15) is 75.6 Å². The Labute approximate surface area is 216 Å². The Bertz CT molecular complexity index is 897. The summed E-state index contributed by atoms with van der Waals surface area (Å²) in [5.74, 6) is 0. The van der Waals surface area contributed by atoms with Gasteiger partial charge in [-0.1, -0.05) is 52.0 Å². The summed E-state index contributed by atoms with van der Waals surface area (Å²) < 4.78 is 0. The molecule has 3 rings (SSSR count). The van der Waals surface area contributed by atoms with Crippen LogP contribution in [0.3, 0.4) is 0 Å². The largest absolute Gasteiger partial charge is 0.373 e. The summed E-state index contributed by atoms with van der Waals surface area (Å²) in [6.45, 7) is 27.9. The van der Waals surface area contributed by atoms with Crippen molar-refractivity contribution in [2.24, 2.45) is 0 Å². The highest BCUT2D eigenvalue weighted by Crippen LogP contribution is 2.28. The Kier molecular flexibility index (Phi) is 10.3. The first-order chi connectivity index (χ1) is 16.9. The second-order valence-corrected chi connectivity index (χ2v) is 10.3. The predicted octanol–water partition coefficient (Wildman–Crippen LogP) is 6.42. The summed E-state index contributed by atoms with van der Waals surface area (Å²) in [7, 11) is 0. The molecule has 1 aromatic carbocycles. The van der Waals surface area contributed by atoms with E-state index in [1.54, 1.807) is 0 Å². The summed E-state index contributed by atoms with van der Waals surface area (Å²) in [5, 5.41) is 0. The molecule has 0 atom stereocenters. The molecule has 4 nitrogen and oxygen atoms in total. The Hall–Kier alpha value is -2.20. The van der Waals surface area contributed by atoms with E-state index in [0.717, 1.165) is 71.7 Å². The molecule has 0 saturated carbocycles. The lowest BCUT2D eigenvalue weighted by Gasteiger charge is -2.40. The van der Waals surface area contributed by atoms with Gasteiger partial charge >= 0.3 is 0 Å². The smallest absolute Gasteiger partial charge is 0.0370 e. The zero-order valence-electron chi connectivity index (χ0n) is 23.5. The number of aryl methyl sites for hydroxylation is 2. The van der Waals surface area contributed by atoms with Crippen molar-refractivity contribution in [2.75, 3.05) is 52.4 Å². The minimum absolute atomic E-state index is 1.04. The van der Waals surface area contributed by atoms with Crippen molar-refractivity contribution in [1.82, 2.24) is 19.6 Å². The van der Waals surface area contributed by atoms with E-state index in [1.165, 1.54) is 52.2 Å². The van der Waals surface area contributed by atoms with Crippen LogP contribution in [-0.4, -0.2) is 72.0 Å². The average molecular weight is 479 g/mol. The molecular formula is C31H50N4. The van der Waals surface area contributed by atoms with E-state index in [1.807, 2.05) is 0 Å². The van der Waals surface area contributed by atoms with E-state index in [2.05, 4.69) is 92.0 Å². The second-order valence-electron chi connectivity index (χ2n) is 10.3. The lowest BCUT2D eigenvalue weighted by molar-refractivity contribution is 0.149. The fourth-order valence-electron chi connectivity index (χ4n) is 5.72. The van der Waals surface area contributed by atoms with E-state index in [4.69, 9.17) is 0 Å². The van der Waals surface area contributed by atoms with E-state index in [0.29, 0.717) is 0 Å². The zero-order valence-corrected chi connectivity index (χ0v) is 23.5. The van der Waals surface area contributed by atoms with Gasteiger partial charge in [0, 0.05) is 81.6 Å². The van der Waals surface area contributed by atoms with Crippen LogP contribution in [0, 0.1) is 13.8 Å². The SMILES string of the molecule is C=C(c1cc(CN2CCN(/C(=C/C)CCC)CC2)c(C)cc1C)N1CCN(/C(=C/CC)CC)CC1. The van der Waals surface area contributed by atoms with Crippen molar-refractivity contribution in [1.29, 1.82) is 0 Å². The van der Waals surface area contributed by atoms with E-state index in [9.17, 15) is 0 Å². The third kappa shape index (κ3) is 6.94. The normalized spacial score (nSPS) is 18.4. The van der Waals surface area contributed by atoms with Crippen molar-refractivity contribution in [3.8, 4) is 0 Å². The van der Waals surface area contributed by atoms with Crippen LogP contribution in [0.4, 0.5) is 0 Å². The molecule has 4 heteroatoms. The van der Waals surface area contributed by atoms with Gasteiger partial charge in [0.25, 0.3) is 0 Å². The summed E-state index contributed by atoms with van der Waals surface area (Å²) in [5.41, 5.74) is 9.76. The van der Waals surface area contributed by atoms with Crippen LogP contribution in [0.25, 0.3) is 5.70 Å². The fourth-order valence-corrected chi connectivity index (χ4v) is 5.72. The highest BCUT2D eigenvalue weighted by atomic mass is 15.3. The number of benzene rings is 1. The molecule has 2 fully saturated rings. The number of nitrogens with zero attached hydrogens (tertiary/aromatic N) is 4. The summed E-state index contributed by atoms with van der Waals surface area (Å²) in [6.07, 6.45) is 9.36. The quantitative estimate of drug-likeness (QED) is 0.385. The monoisotopic (exact) mass is 478 g/mol. The van der Waals surface area contributed by atoms with Gasteiger partial charge in [-0.05, 0) is 62.8 Å². The average Bonchev–Trinajstić information content (AvgIpc) is 2.87. The van der Waals surface area contributed by atoms with Gasteiger partial charge in [0.05, 0.1) is 0 Å². The number of rotatable bonds is 10. The van der Waals surface area contributed by atoms with E-state index >= 15 is 0 Å². The van der Waals surface area contributed by atoms with Gasteiger partial charge in [-0.15, -0.1) is 0 Å². The Morgan fingerprint density at radius 2 is 1.43 bits per heavy atom. The van der Waals surface area contributed by atoms with Crippen molar-refractivity contribution in [2.45, 2.75) is 73.8 Å². The Balaban J connectivity index is 1.63. The molecule has 2 heterocycles. The third-order valence-corrected chi connectivity index (χ3v) is 7.88. The number of piperazine rings is 2. The molecule has 194 valence electrons. The van der Waals surface area contributed by atoms with Gasteiger partial charge in [-0.3, -0.25) is 4.90 Å². The molecule has 0 aromatic heterocycles. The first-order valence-corrected chi connectivity index (χ1v) is 14.0. The van der Waals surface area contributed by atoms with Crippen molar-refractivity contribution in [3.63, 3.8) is 0 Å². The fraction of sp³-hybridized carbons (Fsp3) is 0.613. The van der Waals surface area contributed by atoms with Gasteiger partial charge in [0.1, 0.15) is 0 Å². The van der Waals surface area contributed by atoms with Gasteiger partial charge in [-0.25, -0.2) is 0 Å². The molecular weight excluding hydrogens is 428 g/mol. The van der Waals surface area contributed by atoms with Crippen LogP contribution < -0.4 is 0 Å². The minimum Gasteiger partial charge on any atom is -0.373 e. The third-order valence-electron chi connectivity index (χ3n) is 7.88. The molecule has 35 heavy (non-hydrogen) atoms. The molecule has 0 bridgehead atoms. The highest BCUT2D eigenvalue weighted by molar-refractivity contribution is 5.66. The molecule has 0 radical (unpaired) electrons. The van der Waals surface area contributed by atoms with Crippen LogP contribution in [-0.2, 0) is 6.54 Å². The molecule has 0 N–H and O–H groups in total. The maximum atomic E-state index is 4.58. The molecule has 1 aromatic rings. The lowest BCUT2D eigenvalue weighted by Crippen LogP contribution is -2.45. The highest BCUT2D eigenvalue weighted by Gasteiger charge is 2.22. The van der Waals surface area contributed by atoms with E-state index in [-0.39, 0.29) is 0 Å². The molecule has 2 aliphatic heterocycles. The molecule has 0 spiro atoms. The van der Waals surface area contributed by atoms with Gasteiger partial charge in [-0.2, -0.15) is 0 Å². The van der Waals surface area contributed by atoms with E-state index < -0.39 is 0 Å². The Morgan fingerprint density at radius 1 is 0.829 bits per heavy atom. The standard InChI is InChI=1S/C31H50N4/c1-8-12-29(10-3)34-16-14-32(15-17-34)24-28-23-31(26(6)22-25(28)5)27(7)33-18-20-35(21-19-33)30(11-4)13-9-2/h10,13,22-23H,7-9,11-12,14-21,24H2,1-6H3/b29-10+,30-13+. The molecule has 0 unspecified atom stereocenters. The van der Waals surface area contributed by atoms with Crippen LogP contribution in [0.15, 0.2) is 42.3 Å². The first kappa shape index (κ1) is 27.4. The van der Waals surface area contributed by atoms with Gasteiger partial charge in [0.2, 0.25) is 0 Å². The Morgan fingerprint density at radius 3 is 2.00 bits per heavy atom. The second kappa shape index (κ2) is 13.2.